The van der Waals surface area contributed by atoms with Crippen molar-refractivity contribution in [1.29, 1.82) is 0 Å². The van der Waals surface area contributed by atoms with Gasteiger partial charge in [0.15, 0.2) is 0 Å². The van der Waals surface area contributed by atoms with E-state index in [-0.39, 0.29) is 11.9 Å². The molecule has 17 heavy (non-hydrogen) atoms. The Morgan fingerprint density at radius 3 is 2.76 bits per heavy atom. The van der Waals surface area contributed by atoms with E-state index in [1.54, 1.807) is 0 Å². The topological polar surface area (TPSA) is 41.1 Å². The van der Waals surface area contributed by atoms with Crippen molar-refractivity contribution in [2.24, 2.45) is 5.92 Å². The predicted molar refractivity (Wildman–Crippen MR) is 71.9 cm³/mol. The van der Waals surface area contributed by atoms with Crippen LogP contribution in [0.25, 0.3) is 0 Å². The Labute approximate surface area is 106 Å². The zero-order chi connectivity index (χ0) is 12.7. The van der Waals surface area contributed by atoms with E-state index in [0.717, 1.165) is 19.4 Å². The van der Waals surface area contributed by atoms with E-state index in [0.29, 0.717) is 12.0 Å². The first-order chi connectivity index (χ1) is 8.15. The number of hydrogen-bond donors (Lipinski definition) is 2. The molecule has 0 spiro atoms. The molecule has 1 amide bonds. The Kier molecular flexibility index (Phi) is 6.56. The van der Waals surface area contributed by atoms with Crippen LogP contribution < -0.4 is 10.6 Å². The molecule has 3 heteroatoms. The quantitative estimate of drug-likeness (QED) is 0.671. The fourth-order valence-corrected chi connectivity index (χ4v) is 2.47. The van der Waals surface area contributed by atoms with Gasteiger partial charge in [-0.2, -0.15) is 0 Å². The second kappa shape index (κ2) is 7.70. The molecule has 0 radical (unpaired) electrons. The van der Waals surface area contributed by atoms with Crippen LogP contribution in [0.3, 0.4) is 0 Å². The molecular formula is C14H28N2O. The lowest BCUT2D eigenvalue weighted by Crippen LogP contribution is -2.46. The van der Waals surface area contributed by atoms with Gasteiger partial charge in [0.2, 0.25) is 5.91 Å². The van der Waals surface area contributed by atoms with Crippen molar-refractivity contribution >= 4 is 5.91 Å². The summed E-state index contributed by atoms with van der Waals surface area (Å²) < 4.78 is 0. The van der Waals surface area contributed by atoms with E-state index in [1.807, 2.05) is 0 Å². The smallest absolute Gasteiger partial charge is 0.237 e. The van der Waals surface area contributed by atoms with Gasteiger partial charge in [-0.25, -0.2) is 0 Å². The molecule has 1 saturated heterocycles. The number of carbonyl (C=O) groups is 1. The van der Waals surface area contributed by atoms with E-state index in [4.69, 9.17) is 0 Å². The van der Waals surface area contributed by atoms with Crippen LogP contribution >= 0.6 is 0 Å². The molecule has 0 aromatic heterocycles. The Hall–Kier alpha value is -0.570. The number of nitrogens with one attached hydrogen (secondary N) is 2. The summed E-state index contributed by atoms with van der Waals surface area (Å²) in [5.74, 6) is 0.667. The molecule has 1 heterocycles. The molecule has 0 aromatic carbocycles. The van der Waals surface area contributed by atoms with Gasteiger partial charge in [-0.3, -0.25) is 4.79 Å². The van der Waals surface area contributed by atoms with Crippen molar-refractivity contribution in [3.63, 3.8) is 0 Å². The summed E-state index contributed by atoms with van der Waals surface area (Å²) in [6, 6.07) is 0.349. The molecule has 2 N–H and O–H groups in total. The third kappa shape index (κ3) is 5.07. The summed E-state index contributed by atoms with van der Waals surface area (Å²) in [6.07, 6.45) is 7.31. The van der Waals surface area contributed by atoms with E-state index in [9.17, 15) is 4.79 Å². The maximum Gasteiger partial charge on any atom is 0.237 e. The van der Waals surface area contributed by atoms with Crippen LogP contribution in [0.2, 0.25) is 0 Å². The predicted octanol–water partition coefficient (Wildman–Crippen LogP) is 2.46. The average molecular weight is 240 g/mol. The lowest BCUT2D eigenvalue weighted by atomic mass is 10.0. The van der Waals surface area contributed by atoms with E-state index in [1.165, 1.54) is 25.7 Å². The molecule has 3 atom stereocenters. The molecule has 3 unspecified atom stereocenters. The van der Waals surface area contributed by atoms with Crippen LogP contribution in [-0.4, -0.2) is 24.5 Å². The van der Waals surface area contributed by atoms with Crippen molar-refractivity contribution < 1.29 is 4.79 Å². The molecule has 1 aliphatic rings. The minimum atomic E-state index is 0.0353. The molecule has 3 nitrogen and oxygen atoms in total. The van der Waals surface area contributed by atoms with Crippen LogP contribution in [0.15, 0.2) is 0 Å². The number of amides is 1. The van der Waals surface area contributed by atoms with Crippen molar-refractivity contribution in [3.05, 3.63) is 0 Å². The standard InChI is InChI=1S/C14H28N2O/c1-4-5-6-7-8-12(3)16-14(17)13-11(2)9-10-15-13/h11-13,15H,4-10H2,1-3H3,(H,16,17). The third-order valence-corrected chi connectivity index (χ3v) is 3.69. The molecule has 0 aromatic rings. The summed E-state index contributed by atoms with van der Waals surface area (Å²) >= 11 is 0. The Morgan fingerprint density at radius 2 is 2.18 bits per heavy atom. The van der Waals surface area contributed by atoms with Gasteiger partial charge in [-0.1, -0.05) is 39.5 Å². The highest BCUT2D eigenvalue weighted by Crippen LogP contribution is 2.14. The minimum absolute atomic E-state index is 0.0353. The average Bonchev–Trinajstić information content (AvgIpc) is 2.71. The zero-order valence-corrected chi connectivity index (χ0v) is 11.6. The Balaban J connectivity index is 2.16. The summed E-state index contributed by atoms with van der Waals surface area (Å²) in [6.45, 7) is 7.46. The third-order valence-electron chi connectivity index (χ3n) is 3.69. The summed E-state index contributed by atoms with van der Waals surface area (Å²) in [5, 5.41) is 6.40. The van der Waals surface area contributed by atoms with Gasteiger partial charge in [0.25, 0.3) is 0 Å². The maximum atomic E-state index is 12.0. The molecule has 0 bridgehead atoms. The number of rotatable bonds is 7. The van der Waals surface area contributed by atoms with Crippen molar-refractivity contribution in [2.45, 2.75) is 71.4 Å². The summed E-state index contributed by atoms with van der Waals surface area (Å²) in [5.41, 5.74) is 0. The number of unbranched alkanes of at least 4 members (excludes halogenated alkanes) is 3. The van der Waals surface area contributed by atoms with E-state index < -0.39 is 0 Å². The number of hydrogen-bond acceptors (Lipinski definition) is 2. The van der Waals surface area contributed by atoms with Crippen LogP contribution in [0.4, 0.5) is 0 Å². The fourth-order valence-electron chi connectivity index (χ4n) is 2.47. The van der Waals surface area contributed by atoms with Gasteiger partial charge < -0.3 is 10.6 Å². The Morgan fingerprint density at radius 1 is 1.41 bits per heavy atom. The van der Waals surface area contributed by atoms with Crippen molar-refractivity contribution in [3.8, 4) is 0 Å². The highest BCUT2D eigenvalue weighted by molar-refractivity contribution is 5.82. The SMILES string of the molecule is CCCCCCC(C)NC(=O)C1NCCC1C. The van der Waals surface area contributed by atoms with Crippen LogP contribution in [0.1, 0.15) is 59.3 Å². The van der Waals surface area contributed by atoms with Crippen LogP contribution in [-0.2, 0) is 4.79 Å². The van der Waals surface area contributed by atoms with Crippen molar-refractivity contribution in [2.75, 3.05) is 6.54 Å². The first-order valence-electron chi connectivity index (χ1n) is 7.19. The van der Waals surface area contributed by atoms with Gasteiger partial charge >= 0.3 is 0 Å². The first kappa shape index (κ1) is 14.5. The van der Waals surface area contributed by atoms with Gasteiger partial charge in [0.1, 0.15) is 0 Å². The second-order valence-electron chi connectivity index (χ2n) is 5.46. The highest BCUT2D eigenvalue weighted by Gasteiger charge is 2.29. The highest BCUT2D eigenvalue weighted by atomic mass is 16.2. The minimum Gasteiger partial charge on any atom is -0.352 e. The van der Waals surface area contributed by atoms with E-state index in [2.05, 4.69) is 31.4 Å². The van der Waals surface area contributed by atoms with E-state index >= 15 is 0 Å². The van der Waals surface area contributed by atoms with Gasteiger partial charge in [0.05, 0.1) is 6.04 Å². The largest absolute Gasteiger partial charge is 0.352 e. The van der Waals surface area contributed by atoms with Crippen molar-refractivity contribution in [1.82, 2.24) is 10.6 Å². The molecule has 0 aliphatic carbocycles. The summed E-state index contributed by atoms with van der Waals surface area (Å²) in [4.78, 5) is 12.0. The Bertz CT molecular complexity index is 230. The first-order valence-corrected chi connectivity index (χ1v) is 7.19. The molecular weight excluding hydrogens is 212 g/mol. The van der Waals surface area contributed by atoms with Crippen LogP contribution in [0, 0.1) is 5.92 Å². The molecule has 1 aliphatic heterocycles. The van der Waals surface area contributed by atoms with Gasteiger partial charge in [0, 0.05) is 6.04 Å². The lowest BCUT2D eigenvalue weighted by molar-refractivity contribution is -0.124. The fraction of sp³-hybridized carbons (Fsp3) is 0.929. The van der Waals surface area contributed by atoms with Gasteiger partial charge in [-0.05, 0) is 32.2 Å². The molecule has 0 saturated carbocycles. The second-order valence-corrected chi connectivity index (χ2v) is 5.46. The molecule has 1 rings (SSSR count). The molecule has 100 valence electrons. The number of carbonyl (C=O) groups excluding carboxylic acids is 1. The summed E-state index contributed by atoms with van der Waals surface area (Å²) in [7, 11) is 0. The molecule has 1 fully saturated rings. The zero-order valence-electron chi connectivity index (χ0n) is 11.6. The van der Waals surface area contributed by atoms with Crippen LogP contribution in [0.5, 0.6) is 0 Å². The monoisotopic (exact) mass is 240 g/mol. The lowest BCUT2D eigenvalue weighted by Gasteiger charge is -2.19. The van der Waals surface area contributed by atoms with Gasteiger partial charge in [-0.15, -0.1) is 0 Å². The normalized spacial score (nSPS) is 25.8. The maximum absolute atomic E-state index is 12.0.